The molecule has 76 valence electrons. The monoisotopic (exact) mass is 200 g/mol. The van der Waals surface area contributed by atoms with E-state index in [0.717, 1.165) is 16.3 Å². The van der Waals surface area contributed by atoms with E-state index >= 15 is 0 Å². The van der Waals surface area contributed by atoms with Gasteiger partial charge in [0.2, 0.25) is 0 Å². The Bertz CT molecular complexity index is 488. The van der Waals surface area contributed by atoms with Crippen LogP contribution in [-0.4, -0.2) is 17.3 Å². The molecule has 0 bridgehead atoms. The quantitative estimate of drug-likeness (QED) is 0.768. The van der Waals surface area contributed by atoms with Crippen molar-refractivity contribution >= 4 is 16.6 Å². The van der Waals surface area contributed by atoms with Crippen LogP contribution in [0.2, 0.25) is 0 Å². The molecule has 2 rings (SSSR count). The lowest BCUT2D eigenvalue weighted by molar-refractivity contribution is 0.0987. The molecule has 1 heterocycles. The Balaban J connectivity index is 2.56. The number of carbonyl (C=O) groups is 1. The molecule has 0 unspecified atom stereocenters. The molecule has 2 aromatic rings. The van der Waals surface area contributed by atoms with Crippen molar-refractivity contribution in [1.29, 1.82) is 0 Å². The number of Topliss-reactive ketones (excluding diaryl/α,β-unsaturated/α-hetero) is 1. The zero-order valence-corrected chi connectivity index (χ0v) is 8.31. The lowest BCUT2D eigenvalue weighted by Crippen LogP contribution is -2.08. The van der Waals surface area contributed by atoms with E-state index in [0.29, 0.717) is 13.0 Å². The van der Waals surface area contributed by atoms with E-state index < -0.39 is 0 Å². The average Bonchev–Trinajstić information content (AvgIpc) is 2.28. The van der Waals surface area contributed by atoms with Crippen LogP contribution in [-0.2, 0) is 0 Å². The summed E-state index contributed by atoms with van der Waals surface area (Å²) >= 11 is 0. The fourth-order valence-electron chi connectivity index (χ4n) is 1.63. The van der Waals surface area contributed by atoms with Crippen molar-refractivity contribution in [2.75, 3.05) is 6.54 Å². The molecule has 0 saturated carbocycles. The molecule has 0 saturated heterocycles. The van der Waals surface area contributed by atoms with Gasteiger partial charge in [0, 0.05) is 29.8 Å². The SMILES string of the molecule is NCCC(=O)c1cccc2cnccc12. The number of fused-ring (bicyclic) bond motifs is 1. The van der Waals surface area contributed by atoms with Gasteiger partial charge in [0.05, 0.1) is 0 Å². The van der Waals surface area contributed by atoms with Gasteiger partial charge in [0.15, 0.2) is 5.78 Å². The lowest BCUT2D eigenvalue weighted by atomic mass is 10.0. The first-order valence-corrected chi connectivity index (χ1v) is 4.89. The van der Waals surface area contributed by atoms with E-state index in [-0.39, 0.29) is 5.78 Å². The Morgan fingerprint density at radius 1 is 1.33 bits per heavy atom. The predicted molar refractivity (Wildman–Crippen MR) is 59.7 cm³/mol. The van der Waals surface area contributed by atoms with Crippen LogP contribution < -0.4 is 5.73 Å². The zero-order chi connectivity index (χ0) is 10.7. The van der Waals surface area contributed by atoms with E-state index in [2.05, 4.69) is 4.98 Å². The molecule has 0 radical (unpaired) electrons. The van der Waals surface area contributed by atoms with E-state index in [4.69, 9.17) is 5.73 Å². The average molecular weight is 200 g/mol. The Hall–Kier alpha value is -1.74. The number of pyridine rings is 1. The maximum absolute atomic E-state index is 11.8. The summed E-state index contributed by atoms with van der Waals surface area (Å²) < 4.78 is 0. The van der Waals surface area contributed by atoms with Gasteiger partial charge >= 0.3 is 0 Å². The molecule has 0 aliphatic carbocycles. The topological polar surface area (TPSA) is 56.0 Å². The van der Waals surface area contributed by atoms with Gasteiger partial charge in [0.25, 0.3) is 0 Å². The van der Waals surface area contributed by atoms with Crippen LogP contribution in [0.5, 0.6) is 0 Å². The molecule has 0 atom stereocenters. The highest BCUT2D eigenvalue weighted by Crippen LogP contribution is 2.18. The molecule has 3 nitrogen and oxygen atoms in total. The summed E-state index contributed by atoms with van der Waals surface area (Å²) in [4.78, 5) is 15.8. The highest BCUT2D eigenvalue weighted by atomic mass is 16.1. The van der Waals surface area contributed by atoms with Gasteiger partial charge < -0.3 is 5.73 Å². The minimum absolute atomic E-state index is 0.0919. The van der Waals surface area contributed by atoms with Gasteiger partial charge in [0.1, 0.15) is 0 Å². The molecular weight excluding hydrogens is 188 g/mol. The first-order valence-electron chi connectivity index (χ1n) is 4.89. The van der Waals surface area contributed by atoms with Crippen molar-refractivity contribution in [2.24, 2.45) is 5.73 Å². The molecule has 0 amide bonds. The van der Waals surface area contributed by atoms with Gasteiger partial charge in [-0.1, -0.05) is 18.2 Å². The fraction of sp³-hybridized carbons (Fsp3) is 0.167. The molecule has 0 aliphatic heterocycles. The van der Waals surface area contributed by atoms with E-state index in [1.165, 1.54) is 0 Å². The maximum Gasteiger partial charge on any atom is 0.164 e. The highest BCUT2D eigenvalue weighted by Gasteiger charge is 2.08. The Morgan fingerprint density at radius 2 is 2.20 bits per heavy atom. The van der Waals surface area contributed by atoms with Gasteiger partial charge in [-0.3, -0.25) is 9.78 Å². The van der Waals surface area contributed by atoms with E-state index in [1.807, 2.05) is 24.3 Å². The molecule has 2 N–H and O–H groups in total. The number of carbonyl (C=O) groups excluding carboxylic acids is 1. The van der Waals surface area contributed by atoms with Crippen LogP contribution in [0.25, 0.3) is 10.8 Å². The van der Waals surface area contributed by atoms with Crippen molar-refractivity contribution in [3.8, 4) is 0 Å². The normalized spacial score (nSPS) is 10.5. The third-order valence-corrected chi connectivity index (χ3v) is 2.35. The molecule has 1 aromatic heterocycles. The largest absolute Gasteiger partial charge is 0.330 e. The van der Waals surface area contributed by atoms with Gasteiger partial charge in [-0.25, -0.2) is 0 Å². The van der Waals surface area contributed by atoms with Crippen molar-refractivity contribution < 1.29 is 4.79 Å². The fourth-order valence-corrected chi connectivity index (χ4v) is 1.63. The van der Waals surface area contributed by atoms with Gasteiger partial charge in [-0.05, 0) is 18.0 Å². The molecule has 3 heteroatoms. The minimum atomic E-state index is 0.0919. The Morgan fingerprint density at radius 3 is 3.00 bits per heavy atom. The number of benzene rings is 1. The first-order chi connectivity index (χ1) is 7.33. The predicted octanol–water partition coefficient (Wildman–Crippen LogP) is 1.77. The summed E-state index contributed by atoms with van der Waals surface area (Å²) in [5.41, 5.74) is 6.11. The third kappa shape index (κ3) is 1.87. The van der Waals surface area contributed by atoms with Crippen LogP contribution in [0.3, 0.4) is 0 Å². The van der Waals surface area contributed by atoms with E-state index in [9.17, 15) is 4.79 Å². The van der Waals surface area contributed by atoms with E-state index in [1.54, 1.807) is 12.4 Å². The third-order valence-electron chi connectivity index (χ3n) is 2.35. The molecule has 1 aromatic carbocycles. The minimum Gasteiger partial charge on any atom is -0.330 e. The number of hydrogen-bond donors (Lipinski definition) is 1. The Kier molecular flexibility index (Phi) is 2.74. The molecule has 15 heavy (non-hydrogen) atoms. The van der Waals surface area contributed by atoms with Crippen molar-refractivity contribution in [2.45, 2.75) is 6.42 Å². The number of hydrogen-bond acceptors (Lipinski definition) is 3. The highest BCUT2D eigenvalue weighted by molar-refractivity contribution is 6.07. The van der Waals surface area contributed by atoms with Crippen LogP contribution in [0.4, 0.5) is 0 Å². The number of aromatic nitrogens is 1. The van der Waals surface area contributed by atoms with Crippen LogP contribution in [0.15, 0.2) is 36.7 Å². The number of nitrogens with two attached hydrogens (primary N) is 1. The number of ketones is 1. The maximum atomic E-state index is 11.8. The summed E-state index contributed by atoms with van der Waals surface area (Å²) in [6, 6.07) is 7.51. The standard InChI is InChI=1S/C12H12N2O/c13-6-4-12(15)11-3-1-2-9-8-14-7-5-10(9)11/h1-3,5,7-8H,4,6,13H2. The second-order valence-electron chi connectivity index (χ2n) is 3.36. The molecule has 0 fully saturated rings. The smallest absolute Gasteiger partial charge is 0.164 e. The lowest BCUT2D eigenvalue weighted by Gasteiger charge is -2.03. The first kappa shape index (κ1) is 9.80. The van der Waals surface area contributed by atoms with Crippen molar-refractivity contribution in [3.63, 3.8) is 0 Å². The zero-order valence-electron chi connectivity index (χ0n) is 8.31. The van der Waals surface area contributed by atoms with Gasteiger partial charge in [-0.15, -0.1) is 0 Å². The van der Waals surface area contributed by atoms with Crippen LogP contribution >= 0.6 is 0 Å². The van der Waals surface area contributed by atoms with Crippen LogP contribution in [0.1, 0.15) is 16.8 Å². The summed E-state index contributed by atoms with van der Waals surface area (Å²) in [5.74, 6) is 0.0919. The van der Waals surface area contributed by atoms with Crippen molar-refractivity contribution in [3.05, 3.63) is 42.2 Å². The summed E-state index contributed by atoms with van der Waals surface area (Å²) in [5, 5.41) is 1.94. The summed E-state index contributed by atoms with van der Waals surface area (Å²) in [6.45, 7) is 0.389. The second-order valence-corrected chi connectivity index (χ2v) is 3.36. The second kappa shape index (κ2) is 4.19. The van der Waals surface area contributed by atoms with Crippen molar-refractivity contribution in [1.82, 2.24) is 4.98 Å². The number of rotatable bonds is 3. The molecule has 0 aliphatic rings. The number of nitrogens with zero attached hydrogens (tertiary/aromatic N) is 1. The molecular formula is C12H12N2O. The van der Waals surface area contributed by atoms with Gasteiger partial charge in [-0.2, -0.15) is 0 Å². The summed E-state index contributed by atoms with van der Waals surface area (Å²) in [7, 11) is 0. The van der Waals surface area contributed by atoms with Crippen LogP contribution in [0, 0.1) is 0 Å². The summed E-state index contributed by atoms with van der Waals surface area (Å²) in [6.07, 6.45) is 3.84. The Labute approximate surface area is 87.9 Å². The molecule has 0 spiro atoms.